The van der Waals surface area contributed by atoms with Crippen LogP contribution in [0.15, 0.2) is 52.3 Å². The number of aliphatic hydroxyl groups is 1. The van der Waals surface area contributed by atoms with Crippen LogP contribution in [-0.2, 0) is 10.8 Å². The minimum Gasteiger partial charge on any atom is -0.390 e. The Morgan fingerprint density at radius 2 is 1.87 bits per heavy atom. The maximum atomic E-state index is 12.8. The summed E-state index contributed by atoms with van der Waals surface area (Å²) in [5, 5.41) is 11.0. The van der Waals surface area contributed by atoms with E-state index in [-0.39, 0.29) is 0 Å². The predicted molar refractivity (Wildman–Crippen MR) is 94.1 cm³/mol. The SMILES string of the molecule is CN(C)CC(O)CN1c2ccccc2S(=O)c2ccc(Cl)cc21. The number of likely N-dealkylation sites (N-methyl/N-ethyl adjacent to an activating group) is 1. The van der Waals surface area contributed by atoms with Crippen molar-refractivity contribution in [2.45, 2.75) is 15.9 Å². The molecule has 0 saturated heterocycles. The number of halogens is 1. The molecule has 2 aromatic rings. The standard InChI is InChI=1S/C17H19ClN2O2S/c1-19(2)10-13(21)11-20-14-5-3-4-6-16(14)23(22)17-8-7-12(18)9-15(17)20/h3-9,13,21H,10-11H2,1-2H3. The van der Waals surface area contributed by atoms with Crippen LogP contribution in [0.3, 0.4) is 0 Å². The summed E-state index contributed by atoms with van der Waals surface area (Å²) in [7, 11) is 2.61. The van der Waals surface area contributed by atoms with Gasteiger partial charge in [-0.3, -0.25) is 0 Å². The fourth-order valence-electron chi connectivity index (χ4n) is 2.83. The van der Waals surface area contributed by atoms with Crippen LogP contribution < -0.4 is 4.90 Å². The number of benzene rings is 2. The van der Waals surface area contributed by atoms with Crippen molar-refractivity contribution in [3.05, 3.63) is 47.5 Å². The van der Waals surface area contributed by atoms with Crippen LogP contribution in [0, 0.1) is 0 Å². The number of aliphatic hydroxyl groups excluding tert-OH is 1. The summed E-state index contributed by atoms with van der Waals surface area (Å²) >= 11 is 6.14. The molecule has 0 aliphatic carbocycles. The summed E-state index contributed by atoms with van der Waals surface area (Å²) in [5.74, 6) is 0. The van der Waals surface area contributed by atoms with Gasteiger partial charge in [0.05, 0.1) is 44.6 Å². The van der Waals surface area contributed by atoms with Crippen molar-refractivity contribution in [3.8, 4) is 0 Å². The van der Waals surface area contributed by atoms with Crippen LogP contribution in [0.25, 0.3) is 0 Å². The molecular weight excluding hydrogens is 332 g/mol. The number of anilines is 2. The molecule has 0 spiro atoms. The van der Waals surface area contributed by atoms with Crippen molar-refractivity contribution in [3.63, 3.8) is 0 Å². The second-order valence-corrected chi connectivity index (χ2v) is 7.73. The molecule has 122 valence electrons. The fraction of sp³-hybridized carbons (Fsp3) is 0.294. The van der Waals surface area contributed by atoms with Gasteiger partial charge >= 0.3 is 0 Å². The van der Waals surface area contributed by atoms with Crippen molar-refractivity contribution in [1.29, 1.82) is 0 Å². The molecule has 1 aliphatic rings. The van der Waals surface area contributed by atoms with Crippen LogP contribution in [0.2, 0.25) is 5.02 Å². The first-order valence-corrected chi connectivity index (χ1v) is 8.91. The molecule has 23 heavy (non-hydrogen) atoms. The normalized spacial score (nSPS) is 17.8. The Hall–Kier alpha value is -1.40. The Balaban J connectivity index is 2.06. The fourth-order valence-corrected chi connectivity index (χ4v) is 4.35. The highest BCUT2D eigenvalue weighted by Gasteiger charge is 2.29. The van der Waals surface area contributed by atoms with Gasteiger partial charge in [-0.1, -0.05) is 23.7 Å². The smallest absolute Gasteiger partial charge is 0.0892 e. The predicted octanol–water partition coefficient (Wildman–Crippen LogP) is 2.88. The highest BCUT2D eigenvalue weighted by atomic mass is 35.5. The van der Waals surface area contributed by atoms with Gasteiger partial charge in [0.2, 0.25) is 0 Å². The molecule has 0 bridgehead atoms. The van der Waals surface area contributed by atoms with Crippen LogP contribution in [-0.4, -0.2) is 47.5 Å². The van der Waals surface area contributed by atoms with Crippen LogP contribution in [0.4, 0.5) is 11.4 Å². The van der Waals surface area contributed by atoms with Crippen LogP contribution >= 0.6 is 11.6 Å². The van der Waals surface area contributed by atoms with Crippen LogP contribution in [0.1, 0.15) is 0 Å². The lowest BCUT2D eigenvalue weighted by molar-refractivity contribution is 0.143. The van der Waals surface area contributed by atoms with Gasteiger partial charge in [-0.2, -0.15) is 0 Å². The Morgan fingerprint density at radius 1 is 1.17 bits per heavy atom. The summed E-state index contributed by atoms with van der Waals surface area (Å²) in [4.78, 5) is 5.44. The summed E-state index contributed by atoms with van der Waals surface area (Å²) in [6.07, 6.45) is -0.531. The van der Waals surface area contributed by atoms with Crippen molar-refractivity contribution >= 4 is 33.8 Å². The Bertz CT molecular complexity index is 751. The molecule has 6 heteroatoms. The summed E-state index contributed by atoms with van der Waals surface area (Å²) < 4.78 is 12.8. The molecule has 0 radical (unpaired) electrons. The first kappa shape index (κ1) is 16.5. The van der Waals surface area contributed by atoms with Gasteiger partial charge in [-0.25, -0.2) is 4.21 Å². The monoisotopic (exact) mass is 350 g/mol. The zero-order valence-electron chi connectivity index (χ0n) is 13.1. The minimum absolute atomic E-state index is 0.416. The van der Waals surface area contributed by atoms with E-state index < -0.39 is 16.9 Å². The van der Waals surface area contributed by atoms with Crippen molar-refractivity contribution in [2.75, 3.05) is 32.1 Å². The van der Waals surface area contributed by atoms with E-state index in [1.54, 1.807) is 12.1 Å². The molecular formula is C17H19ClN2O2S. The van der Waals surface area contributed by atoms with E-state index >= 15 is 0 Å². The molecule has 1 aliphatic heterocycles. The second-order valence-electron chi connectivity index (χ2n) is 5.88. The van der Waals surface area contributed by atoms with E-state index in [0.717, 1.165) is 21.2 Å². The topological polar surface area (TPSA) is 43.8 Å². The summed E-state index contributed by atoms with van der Waals surface area (Å²) in [6, 6.07) is 13.0. The average Bonchev–Trinajstić information content (AvgIpc) is 2.50. The van der Waals surface area contributed by atoms with Gasteiger partial charge in [0.1, 0.15) is 0 Å². The van der Waals surface area contributed by atoms with Gasteiger partial charge < -0.3 is 14.9 Å². The first-order valence-electron chi connectivity index (χ1n) is 7.38. The van der Waals surface area contributed by atoms with E-state index in [2.05, 4.69) is 0 Å². The lowest BCUT2D eigenvalue weighted by Crippen LogP contribution is -2.37. The Morgan fingerprint density at radius 3 is 2.61 bits per heavy atom. The molecule has 2 unspecified atom stereocenters. The van der Waals surface area contributed by atoms with E-state index in [1.165, 1.54) is 0 Å². The van der Waals surface area contributed by atoms with Gasteiger partial charge in [-0.15, -0.1) is 0 Å². The third kappa shape index (κ3) is 3.28. The van der Waals surface area contributed by atoms with Crippen molar-refractivity contribution in [2.24, 2.45) is 0 Å². The van der Waals surface area contributed by atoms with Crippen molar-refractivity contribution < 1.29 is 9.32 Å². The maximum Gasteiger partial charge on any atom is 0.0892 e. The lowest BCUT2D eigenvalue weighted by Gasteiger charge is -2.34. The highest BCUT2D eigenvalue weighted by Crippen LogP contribution is 2.42. The molecule has 4 nitrogen and oxygen atoms in total. The molecule has 2 aromatic carbocycles. The molecule has 3 rings (SSSR count). The molecule has 0 aromatic heterocycles. The third-order valence-electron chi connectivity index (χ3n) is 3.74. The first-order chi connectivity index (χ1) is 11.0. The van der Waals surface area contributed by atoms with Gasteiger partial charge in [-0.05, 0) is 44.4 Å². The summed E-state index contributed by atoms with van der Waals surface area (Å²) in [5.41, 5.74) is 1.66. The van der Waals surface area contributed by atoms with E-state index in [9.17, 15) is 9.32 Å². The molecule has 2 atom stereocenters. The van der Waals surface area contributed by atoms with E-state index in [0.29, 0.717) is 18.1 Å². The molecule has 0 fully saturated rings. The zero-order valence-corrected chi connectivity index (χ0v) is 14.6. The lowest BCUT2D eigenvalue weighted by atomic mass is 10.2. The van der Waals surface area contributed by atoms with Gasteiger partial charge in [0.25, 0.3) is 0 Å². The van der Waals surface area contributed by atoms with E-state index in [4.69, 9.17) is 11.6 Å². The Labute approximate surface area is 143 Å². The van der Waals surface area contributed by atoms with Crippen LogP contribution in [0.5, 0.6) is 0 Å². The highest BCUT2D eigenvalue weighted by molar-refractivity contribution is 7.85. The minimum atomic E-state index is -1.24. The summed E-state index contributed by atoms with van der Waals surface area (Å²) in [6.45, 7) is 0.970. The van der Waals surface area contributed by atoms with Crippen molar-refractivity contribution in [1.82, 2.24) is 4.90 Å². The number of β-amino-alcohol motifs (C(OH)–C–C–N with tert-alkyl or cyclic N) is 1. The number of fused-ring (bicyclic) bond motifs is 2. The van der Waals surface area contributed by atoms with E-state index in [1.807, 2.05) is 54.2 Å². The number of hydrogen-bond acceptors (Lipinski definition) is 4. The number of hydrogen-bond donors (Lipinski definition) is 1. The number of rotatable bonds is 4. The Kier molecular flexibility index (Phi) is 4.73. The maximum absolute atomic E-state index is 12.8. The molecule has 0 amide bonds. The largest absolute Gasteiger partial charge is 0.390 e. The third-order valence-corrected chi connectivity index (χ3v) is 5.46. The second kappa shape index (κ2) is 6.61. The molecule has 1 heterocycles. The van der Waals surface area contributed by atoms with Gasteiger partial charge in [0, 0.05) is 11.6 Å². The van der Waals surface area contributed by atoms with Gasteiger partial charge in [0.15, 0.2) is 0 Å². The molecule has 1 N–H and O–H groups in total. The molecule has 0 saturated carbocycles. The average molecular weight is 351 g/mol. The quantitative estimate of drug-likeness (QED) is 0.920. The number of nitrogens with zero attached hydrogens (tertiary/aromatic N) is 2. The zero-order chi connectivity index (χ0) is 16.6. The number of para-hydroxylation sites is 1.